The molecule has 1 atom stereocenters. The number of hydrogen-bond acceptors (Lipinski definition) is 6. The van der Waals surface area contributed by atoms with Gasteiger partial charge in [-0.3, -0.25) is 4.79 Å². The molecule has 2 aromatic rings. The van der Waals surface area contributed by atoms with Gasteiger partial charge in [-0.2, -0.15) is 4.98 Å². The van der Waals surface area contributed by atoms with Gasteiger partial charge in [-0.1, -0.05) is 37.1 Å². The van der Waals surface area contributed by atoms with Crippen molar-refractivity contribution in [1.29, 1.82) is 0 Å². The molecule has 2 aliphatic heterocycles. The Bertz CT molecular complexity index is 977. The normalized spacial score (nSPS) is 20.7. The van der Waals surface area contributed by atoms with E-state index in [1.54, 1.807) is 0 Å². The Labute approximate surface area is 209 Å². The summed E-state index contributed by atoms with van der Waals surface area (Å²) in [5, 5.41) is 0. The van der Waals surface area contributed by atoms with Crippen LogP contribution >= 0.6 is 0 Å². The zero-order valence-corrected chi connectivity index (χ0v) is 21.2. The molecule has 1 aromatic heterocycles. The van der Waals surface area contributed by atoms with Gasteiger partial charge in [0.25, 0.3) is 0 Å². The van der Waals surface area contributed by atoms with Crippen LogP contribution in [0.4, 0.5) is 11.8 Å². The molecule has 1 amide bonds. The van der Waals surface area contributed by atoms with Crippen molar-refractivity contribution in [3.05, 3.63) is 47.7 Å². The highest BCUT2D eigenvalue weighted by Crippen LogP contribution is 2.32. The fourth-order valence-electron chi connectivity index (χ4n) is 5.84. The van der Waals surface area contributed by atoms with Crippen LogP contribution in [-0.2, 0) is 9.53 Å². The van der Waals surface area contributed by atoms with Gasteiger partial charge in [-0.25, -0.2) is 4.98 Å². The van der Waals surface area contributed by atoms with Crippen molar-refractivity contribution in [2.24, 2.45) is 0 Å². The molecule has 0 N–H and O–H groups in total. The highest BCUT2D eigenvalue weighted by molar-refractivity contribution is 5.83. The lowest BCUT2D eigenvalue weighted by Gasteiger charge is -2.34. The second-order valence-electron chi connectivity index (χ2n) is 10.4. The fraction of sp³-hybridized carbons (Fsp3) is 0.607. The van der Waals surface area contributed by atoms with Crippen LogP contribution in [0.15, 0.2) is 36.5 Å². The zero-order valence-electron chi connectivity index (χ0n) is 21.2. The maximum absolute atomic E-state index is 12.8. The van der Waals surface area contributed by atoms with Gasteiger partial charge in [0, 0.05) is 45.5 Å². The summed E-state index contributed by atoms with van der Waals surface area (Å²) in [6.07, 6.45) is 9.24. The van der Waals surface area contributed by atoms with Crippen LogP contribution in [0.2, 0.25) is 0 Å². The molecule has 0 radical (unpaired) electrons. The lowest BCUT2D eigenvalue weighted by atomic mass is 9.88. The van der Waals surface area contributed by atoms with E-state index in [2.05, 4.69) is 46.1 Å². The first-order valence-corrected chi connectivity index (χ1v) is 13.4. The Morgan fingerprint density at radius 1 is 1.00 bits per heavy atom. The van der Waals surface area contributed by atoms with Crippen LogP contribution in [0.3, 0.4) is 0 Å². The maximum Gasteiger partial charge on any atom is 0.229 e. The number of amides is 1. The van der Waals surface area contributed by atoms with Gasteiger partial charge in [0.15, 0.2) is 0 Å². The quantitative estimate of drug-likeness (QED) is 0.621. The predicted octanol–water partition coefficient (Wildman–Crippen LogP) is 4.20. The minimum atomic E-state index is -0.113. The minimum Gasteiger partial charge on any atom is -0.378 e. The topological polar surface area (TPSA) is 61.8 Å². The average molecular weight is 478 g/mol. The number of carbonyl (C=O) groups excluding carboxylic acids is 1. The van der Waals surface area contributed by atoms with Crippen molar-refractivity contribution in [2.45, 2.75) is 63.3 Å². The molecule has 3 fully saturated rings. The maximum atomic E-state index is 12.8. The lowest BCUT2D eigenvalue weighted by Crippen LogP contribution is -2.42. The third-order valence-corrected chi connectivity index (χ3v) is 8.24. The Hall–Kier alpha value is -2.67. The van der Waals surface area contributed by atoms with E-state index in [0.717, 1.165) is 43.3 Å². The summed E-state index contributed by atoms with van der Waals surface area (Å²) < 4.78 is 5.38. The molecule has 35 heavy (non-hydrogen) atoms. The molecule has 5 rings (SSSR count). The van der Waals surface area contributed by atoms with Crippen molar-refractivity contribution in [1.82, 2.24) is 14.9 Å². The summed E-state index contributed by atoms with van der Waals surface area (Å²) in [5.74, 6) is 2.54. The standard InChI is InChI=1S/C28H39N5O2/c1-21(27(34)33-17-19-35-20-18-33)22-7-9-23(10-8-22)24-12-15-32(16-13-24)26-11-14-29-28(30-26)31(2)25-5-3-4-6-25/h7-11,14,21,24-25H,3-6,12-13,15-20H2,1-2H3. The summed E-state index contributed by atoms with van der Waals surface area (Å²) in [6, 6.07) is 11.4. The molecule has 7 nitrogen and oxygen atoms in total. The number of morpholine rings is 1. The number of benzene rings is 1. The lowest BCUT2D eigenvalue weighted by molar-refractivity contribution is -0.136. The largest absolute Gasteiger partial charge is 0.378 e. The third-order valence-electron chi connectivity index (χ3n) is 8.24. The second-order valence-corrected chi connectivity index (χ2v) is 10.4. The first kappa shape index (κ1) is 24.0. The van der Waals surface area contributed by atoms with E-state index < -0.39 is 0 Å². The van der Waals surface area contributed by atoms with Crippen LogP contribution in [0, 0.1) is 0 Å². The molecule has 3 aliphatic rings. The van der Waals surface area contributed by atoms with Crippen LogP contribution in [-0.4, -0.2) is 73.3 Å². The Kier molecular flexibility index (Phi) is 7.51. The van der Waals surface area contributed by atoms with Crippen molar-refractivity contribution in [2.75, 3.05) is 56.2 Å². The van der Waals surface area contributed by atoms with Gasteiger partial charge in [-0.05, 0) is 55.7 Å². The predicted molar refractivity (Wildman–Crippen MR) is 139 cm³/mol. The smallest absolute Gasteiger partial charge is 0.229 e. The molecule has 1 aromatic carbocycles. The Morgan fingerprint density at radius 3 is 2.37 bits per heavy atom. The molecule has 2 saturated heterocycles. The molecule has 0 bridgehead atoms. The first-order chi connectivity index (χ1) is 17.1. The summed E-state index contributed by atoms with van der Waals surface area (Å²) in [6.45, 7) is 6.71. The molecular weight excluding hydrogens is 438 g/mol. The third kappa shape index (κ3) is 5.45. The zero-order chi connectivity index (χ0) is 24.2. The van der Waals surface area contributed by atoms with E-state index in [1.807, 2.05) is 24.1 Å². The van der Waals surface area contributed by atoms with E-state index in [9.17, 15) is 4.79 Å². The van der Waals surface area contributed by atoms with E-state index in [0.29, 0.717) is 38.3 Å². The first-order valence-electron chi connectivity index (χ1n) is 13.4. The molecule has 1 saturated carbocycles. The van der Waals surface area contributed by atoms with E-state index in [4.69, 9.17) is 9.72 Å². The number of ether oxygens (including phenoxy) is 1. The van der Waals surface area contributed by atoms with Crippen LogP contribution in [0.5, 0.6) is 0 Å². The van der Waals surface area contributed by atoms with Gasteiger partial charge in [0.2, 0.25) is 11.9 Å². The highest BCUT2D eigenvalue weighted by atomic mass is 16.5. The fourth-order valence-corrected chi connectivity index (χ4v) is 5.84. The molecule has 3 heterocycles. The summed E-state index contributed by atoms with van der Waals surface area (Å²) >= 11 is 0. The van der Waals surface area contributed by atoms with Gasteiger partial charge >= 0.3 is 0 Å². The highest BCUT2D eigenvalue weighted by Gasteiger charge is 2.26. The number of anilines is 2. The molecule has 188 valence electrons. The second kappa shape index (κ2) is 10.9. The van der Waals surface area contributed by atoms with E-state index in [1.165, 1.54) is 31.2 Å². The molecule has 7 heteroatoms. The molecular formula is C28H39N5O2. The van der Waals surface area contributed by atoms with Crippen LogP contribution in [0.25, 0.3) is 0 Å². The van der Waals surface area contributed by atoms with Gasteiger partial charge < -0.3 is 19.4 Å². The van der Waals surface area contributed by atoms with Crippen molar-refractivity contribution < 1.29 is 9.53 Å². The van der Waals surface area contributed by atoms with Gasteiger partial charge in [0.1, 0.15) is 5.82 Å². The molecule has 0 spiro atoms. The summed E-state index contributed by atoms with van der Waals surface area (Å²) in [4.78, 5) is 28.9. The number of piperidine rings is 1. The Morgan fingerprint density at radius 2 is 1.69 bits per heavy atom. The number of rotatable bonds is 6. The number of nitrogens with zero attached hydrogens (tertiary/aromatic N) is 5. The van der Waals surface area contributed by atoms with E-state index >= 15 is 0 Å². The van der Waals surface area contributed by atoms with Crippen molar-refractivity contribution >= 4 is 17.7 Å². The number of hydrogen-bond donors (Lipinski definition) is 0. The Balaban J connectivity index is 1.17. The number of carbonyl (C=O) groups is 1. The number of aromatic nitrogens is 2. The average Bonchev–Trinajstić information content (AvgIpc) is 3.48. The SMILES string of the molecule is CC(C(=O)N1CCOCC1)c1ccc(C2CCN(c3ccnc(N(C)C4CCCC4)n3)CC2)cc1. The van der Waals surface area contributed by atoms with Gasteiger partial charge in [0.05, 0.1) is 19.1 Å². The molecule has 1 unspecified atom stereocenters. The van der Waals surface area contributed by atoms with Crippen LogP contribution in [0.1, 0.15) is 68.4 Å². The van der Waals surface area contributed by atoms with Crippen molar-refractivity contribution in [3.8, 4) is 0 Å². The summed E-state index contributed by atoms with van der Waals surface area (Å²) in [7, 11) is 2.14. The van der Waals surface area contributed by atoms with Crippen LogP contribution < -0.4 is 9.80 Å². The monoisotopic (exact) mass is 477 g/mol. The van der Waals surface area contributed by atoms with E-state index in [-0.39, 0.29) is 11.8 Å². The molecule has 1 aliphatic carbocycles. The minimum absolute atomic E-state index is 0.113. The van der Waals surface area contributed by atoms with Crippen molar-refractivity contribution in [3.63, 3.8) is 0 Å². The van der Waals surface area contributed by atoms with Gasteiger partial charge in [-0.15, -0.1) is 0 Å². The summed E-state index contributed by atoms with van der Waals surface area (Å²) in [5.41, 5.74) is 2.48.